The fraction of sp³-hybridized carbons (Fsp3) is 0.632. The van der Waals surface area contributed by atoms with Crippen molar-refractivity contribution in [2.24, 2.45) is 10.6 Å². The quantitative estimate of drug-likeness (QED) is 0.240. The Morgan fingerprint density at radius 2 is 2.10 bits per heavy atom. The molecule has 166 valence electrons. The van der Waals surface area contributed by atoms with Gasteiger partial charge in [0, 0.05) is 26.1 Å². The Morgan fingerprint density at radius 1 is 1.40 bits per heavy atom. The summed E-state index contributed by atoms with van der Waals surface area (Å²) in [5, 5.41) is 25.8. The highest BCUT2D eigenvalue weighted by atomic mass is 16.5. The summed E-state index contributed by atoms with van der Waals surface area (Å²) < 4.78 is 5.80. The summed E-state index contributed by atoms with van der Waals surface area (Å²) in [7, 11) is 0. The third kappa shape index (κ3) is 6.46. The monoisotopic (exact) mass is 420 g/mol. The smallest absolute Gasteiger partial charge is 0.320 e. The maximum Gasteiger partial charge on any atom is 0.320 e. The Kier molecular flexibility index (Phi) is 7.41. The predicted molar refractivity (Wildman–Crippen MR) is 117 cm³/mol. The predicted octanol–water partition coefficient (Wildman–Crippen LogP) is 1.48. The molecule has 0 aromatic carbocycles. The SMILES string of the molecule is CC(=N)/C(CNc1nc(OCC(C)(C)C)nc(N2CC[C@H](NC(C)=O)C2)c1N)=N\O. The fourth-order valence-electron chi connectivity index (χ4n) is 2.93. The molecule has 2 heterocycles. The normalized spacial score (nSPS) is 17.0. The third-order valence-corrected chi connectivity index (χ3v) is 4.41. The van der Waals surface area contributed by atoms with Gasteiger partial charge in [-0.05, 0) is 18.8 Å². The van der Waals surface area contributed by atoms with Gasteiger partial charge in [0.1, 0.15) is 11.4 Å². The molecule has 0 radical (unpaired) electrons. The average molecular weight is 421 g/mol. The summed E-state index contributed by atoms with van der Waals surface area (Å²) in [6.45, 7) is 10.9. The zero-order chi connectivity index (χ0) is 22.5. The van der Waals surface area contributed by atoms with Gasteiger partial charge < -0.3 is 36.6 Å². The lowest BCUT2D eigenvalue weighted by Crippen LogP contribution is -2.36. The molecule has 0 unspecified atom stereocenters. The van der Waals surface area contributed by atoms with Crippen molar-refractivity contribution >= 4 is 34.7 Å². The second-order valence-corrected chi connectivity index (χ2v) is 8.60. The summed E-state index contributed by atoms with van der Waals surface area (Å²) in [5.74, 6) is 0.763. The lowest BCUT2D eigenvalue weighted by atomic mass is 9.99. The number of nitrogens with zero attached hydrogens (tertiary/aromatic N) is 4. The Labute approximate surface area is 176 Å². The summed E-state index contributed by atoms with van der Waals surface area (Å²) >= 11 is 0. The number of hydrogen-bond donors (Lipinski definition) is 5. The molecule has 1 aliphatic heterocycles. The Hall–Kier alpha value is -3.11. The zero-order valence-electron chi connectivity index (χ0n) is 18.2. The van der Waals surface area contributed by atoms with Crippen LogP contribution in [-0.4, -0.2) is 64.8 Å². The molecule has 11 heteroatoms. The number of aromatic nitrogens is 2. The van der Waals surface area contributed by atoms with Crippen molar-refractivity contribution < 1.29 is 14.7 Å². The highest BCUT2D eigenvalue weighted by molar-refractivity contribution is 6.41. The molecule has 0 aliphatic carbocycles. The molecule has 1 fully saturated rings. The topological polar surface area (TPSA) is 162 Å². The first-order valence-electron chi connectivity index (χ1n) is 9.83. The van der Waals surface area contributed by atoms with Crippen LogP contribution in [0.5, 0.6) is 6.01 Å². The van der Waals surface area contributed by atoms with Crippen LogP contribution in [-0.2, 0) is 4.79 Å². The Balaban J connectivity index is 2.30. The van der Waals surface area contributed by atoms with E-state index in [2.05, 4.69) is 25.8 Å². The van der Waals surface area contributed by atoms with Gasteiger partial charge in [0.15, 0.2) is 11.6 Å². The minimum atomic E-state index is -0.0867. The number of nitrogen functional groups attached to an aromatic ring is 1. The number of rotatable bonds is 8. The molecule has 0 bridgehead atoms. The lowest BCUT2D eigenvalue weighted by molar-refractivity contribution is -0.119. The molecule has 11 nitrogen and oxygen atoms in total. The van der Waals surface area contributed by atoms with Crippen LogP contribution in [0.3, 0.4) is 0 Å². The van der Waals surface area contributed by atoms with Crippen molar-refractivity contribution in [3.05, 3.63) is 0 Å². The maximum atomic E-state index is 11.4. The van der Waals surface area contributed by atoms with Crippen LogP contribution in [0, 0.1) is 10.8 Å². The van der Waals surface area contributed by atoms with Crippen LogP contribution < -0.4 is 26.0 Å². The highest BCUT2D eigenvalue weighted by Crippen LogP contribution is 2.32. The van der Waals surface area contributed by atoms with Gasteiger partial charge in [0.25, 0.3) is 0 Å². The zero-order valence-corrected chi connectivity index (χ0v) is 18.2. The molecule has 1 saturated heterocycles. The molecule has 1 aromatic heterocycles. The van der Waals surface area contributed by atoms with Crippen molar-refractivity contribution in [2.45, 2.75) is 47.1 Å². The Bertz CT molecular complexity index is 819. The molecule has 6 N–H and O–H groups in total. The standard InChI is InChI=1S/C19H32N8O3/c1-11(20)14(26-29)8-22-16-15(21)17(25-18(24-16)30-10-19(3,4)5)27-7-6-13(9-27)23-12(2)28/h13,20,29H,6-10,21H2,1-5H3,(H,23,28)(H,22,24,25)/b20-11?,26-14-/t13-/m0/s1. The van der Waals surface area contributed by atoms with Crippen LogP contribution >= 0.6 is 0 Å². The number of carbonyl (C=O) groups excluding carboxylic acids is 1. The highest BCUT2D eigenvalue weighted by Gasteiger charge is 2.28. The average Bonchev–Trinajstić information content (AvgIpc) is 3.08. The first kappa shape index (κ1) is 23.2. The summed E-state index contributed by atoms with van der Waals surface area (Å²) in [4.78, 5) is 22.2. The first-order valence-corrected chi connectivity index (χ1v) is 9.83. The van der Waals surface area contributed by atoms with E-state index < -0.39 is 0 Å². The number of nitrogens with two attached hydrogens (primary N) is 1. The summed E-state index contributed by atoms with van der Waals surface area (Å²) in [6, 6.07) is 0.189. The van der Waals surface area contributed by atoms with Crippen LogP contribution in [0.4, 0.5) is 17.3 Å². The van der Waals surface area contributed by atoms with Gasteiger partial charge in [-0.15, -0.1) is 0 Å². The molecule has 30 heavy (non-hydrogen) atoms. The summed E-state index contributed by atoms with van der Waals surface area (Å²) in [5.41, 5.74) is 6.86. The second kappa shape index (κ2) is 9.59. The number of oxime groups is 1. The van der Waals surface area contributed by atoms with Crippen LogP contribution in [0.1, 0.15) is 41.0 Å². The van der Waals surface area contributed by atoms with Crippen molar-refractivity contribution in [2.75, 3.05) is 42.2 Å². The van der Waals surface area contributed by atoms with Crippen LogP contribution in [0.25, 0.3) is 0 Å². The van der Waals surface area contributed by atoms with E-state index in [1.165, 1.54) is 13.8 Å². The van der Waals surface area contributed by atoms with E-state index in [1.54, 1.807) is 0 Å². The number of amides is 1. The molecule has 1 aliphatic rings. The maximum absolute atomic E-state index is 11.4. The molecule has 1 aromatic rings. The van der Waals surface area contributed by atoms with Gasteiger partial charge >= 0.3 is 6.01 Å². The molecule has 1 amide bonds. The van der Waals surface area contributed by atoms with Crippen LogP contribution in [0.15, 0.2) is 5.16 Å². The van der Waals surface area contributed by atoms with E-state index in [0.717, 1.165) is 6.42 Å². The van der Waals surface area contributed by atoms with E-state index in [9.17, 15) is 4.79 Å². The van der Waals surface area contributed by atoms with Gasteiger partial charge in [-0.25, -0.2) is 0 Å². The van der Waals surface area contributed by atoms with Gasteiger partial charge in [-0.1, -0.05) is 25.9 Å². The van der Waals surface area contributed by atoms with E-state index in [0.29, 0.717) is 37.0 Å². The minimum Gasteiger partial charge on any atom is -0.463 e. The first-order chi connectivity index (χ1) is 14.0. The second-order valence-electron chi connectivity index (χ2n) is 8.60. The van der Waals surface area contributed by atoms with Crippen molar-refractivity contribution in [1.82, 2.24) is 15.3 Å². The van der Waals surface area contributed by atoms with Gasteiger partial charge in [0.2, 0.25) is 5.91 Å². The van der Waals surface area contributed by atoms with Gasteiger partial charge in [0.05, 0.1) is 18.9 Å². The van der Waals surface area contributed by atoms with E-state index in [-0.39, 0.29) is 41.3 Å². The number of hydrogen-bond acceptors (Lipinski definition) is 10. The van der Waals surface area contributed by atoms with Gasteiger partial charge in [-0.3, -0.25) is 4.79 Å². The molecule has 1 atom stereocenters. The lowest BCUT2D eigenvalue weighted by Gasteiger charge is -2.23. The minimum absolute atomic E-state index is 0.0147. The largest absolute Gasteiger partial charge is 0.463 e. The van der Waals surface area contributed by atoms with E-state index in [4.69, 9.17) is 21.1 Å². The van der Waals surface area contributed by atoms with E-state index >= 15 is 0 Å². The number of ether oxygens (including phenoxy) is 1. The number of nitrogens with one attached hydrogen (secondary N) is 3. The third-order valence-electron chi connectivity index (χ3n) is 4.41. The van der Waals surface area contributed by atoms with Crippen molar-refractivity contribution in [3.8, 4) is 6.01 Å². The van der Waals surface area contributed by atoms with Crippen LogP contribution in [0.2, 0.25) is 0 Å². The number of anilines is 3. The Morgan fingerprint density at radius 3 is 2.67 bits per heavy atom. The molecule has 2 rings (SSSR count). The fourth-order valence-corrected chi connectivity index (χ4v) is 2.93. The molecule has 0 saturated carbocycles. The van der Waals surface area contributed by atoms with E-state index in [1.807, 2.05) is 25.7 Å². The molecular formula is C19H32N8O3. The van der Waals surface area contributed by atoms with Crippen molar-refractivity contribution in [1.29, 1.82) is 5.41 Å². The number of carbonyl (C=O) groups is 1. The molecule has 0 spiro atoms. The van der Waals surface area contributed by atoms with Gasteiger partial charge in [-0.2, -0.15) is 9.97 Å². The molecular weight excluding hydrogens is 388 g/mol. The van der Waals surface area contributed by atoms with Crippen molar-refractivity contribution in [3.63, 3.8) is 0 Å². The summed E-state index contributed by atoms with van der Waals surface area (Å²) in [6.07, 6.45) is 0.776.